The molecular weight excluding hydrogens is 190 g/mol. The van der Waals surface area contributed by atoms with Crippen LogP contribution in [-0.4, -0.2) is 48.9 Å². The van der Waals surface area contributed by atoms with Gasteiger partial charge in [0.2, 0.25) is 0 Å². The van der Waals surface area contributed by atoms with E-state index in [1.165, 1.54) is 0 Å². The second-order valence-electron chi connectivity index (χ2n) is 3.64. The van der Waals surface area contributed by atoms with Crippen molar-refractivity contribution in [2.45, 2.75) is 0 Å². The van der Waals surface area contributed by atoms with E-state index in [2.05, 4.69) is 14.8 Å². The molecule has 2 heterocycles. The van der Waals surface area contributed by atoms with Gasteiger partial charge in [-0.3, -0.25) is 4.90 Å². The van der Waals surface area contributed by atoms with Gasteiger partial charge in [-0.05, 0) is 12.1 Å². The highest BCUT2D eigenvalue weighted by Crippen LogP contribution is 2.11. The summed E-state index contributed by atoms with van der Waals surface area (Å²) in [6, 6.07) is 5.95. The first-order valence-electron chi connectivity index (χ1n) is 5.22. The fourth-order valence-electron chi connectivity index (χ4n) is 1.81. The SMILES string of the molecule is O=CCN1CCN(c2ccccn2)CC1. The van der Waals surface area contributed by atoms with Crippen LogP contribution in [0.25, 0.3) is 0 Å². The number of nitrogens with zero attached hydrogens (tertiary/aromatic N) is 3. The van der Waals surface area contributed by atoms with Crippen LogP contribution in [0.2, 0.25) is 0 Å². The molecule has 2 rings (SSSR count). The van der Waals surface area contributed by atoms with Gasteiger partial charge >= 0.3 is 0 Å². The lowest BCUT2D eigenvalue weighted by molar-refractivity contribution is -0.108. The Kier molecular flexibility index (Phi) is 3.29. The summed E-state index contributed by atoms with van der Waals surface area (Å²) in [5.41, 5.74) is 0. The third-order valence-electron chi connectivity index (χ3n) is 2.68. The van der Waals surface area contributed by atoms with E-state index >= 15 is 0 Å². The zero-order chi connectivity index (χ0) is 10.5. The molecule has 0 unspecified atom stereocenters. The summed E-state index contributed by atoms with van der Waals surface area (Å²) in [4.78, 5) is 19.1. The van der Waals surface area contributed by atoms with Crippen molar-refractivity contribution < 1.29 is 4.79 Å². The lowest BCUT2D eigenvalue weighted by Crippen LogP contribution is -2.47. The van der Waals surface area contributed by atoms with Crippen LogP contribution in [0.1, 0.15) is 0 Å². The molecule has 0 atom stereocenters. The van der Waals surface area contributed by atoms with Crippen LogP contribution in [0.15, 0.2) is 24.4 Å². The Hall–Kier alpha value is -1.42. The summed E-state index contributed by atoms with van der Waals surface area (Å²) in [5, 5.41) is 0. The van der Waals surface area contributed by atoms with E-state index in [4.69, 9.17) is 0 Å². The predicted molar refractivity (Wildman–Crippen MR) is 59.0 cm³/mol. The fraction of sp³-hybridized carbons (Fsp3) is 0.455. The molecule has 1 saturated heterocycles. The highest BCUT2D eigenvalue weighted by Gasteiger charge is 2.16. The van der Waals surface area contributed by atoms with Crippen LogP contribution in [0.5, 0.6) is 0 Å². The van der Waals surface area contributed by atoms with E-state index in [1.54, 1.807) is 0 Å². The van der Waals surface area contributed by atoms with Gasteiger partial charge in [0.15, 0.2) is 0 Å². The maximum atomic E-state index is 10.4. The lowest BCUT2D eigenvalue weighted by Gasteiger charge is -2.34. The van der Waals surface area contributed by atoms with Gasteiger partial charge in [0.05, 0.1) is 6.54 Å². The van der Waals surface area contributed by atoms with Crippen molar-refractivity contribution in [3.05, 3.63) is 24.4 Å². The molecule has 0 bridgehead atoms. The summed E-state index contributed by atoms with van der Waals surface area (Å²) in [6.45, 7) is 4.33. The summed E-state index contributed by atoms with van der Waals surface area (Å²) in [5.74, 6) is 1.03. The minimum Gasteiger partial charge on any atom is -0.354 e. The smallest absolute Gasteiger partial charge is 0.133 e. The molecule has 4 nitrogen and oxygen atoms in total. The third-order valence-corrected chi connectivity index (χ3v) is 2.68. The average molecular weight is 205 g/mol. The number of aromatic nitrogens is 1. The molecule has 80 valence electrons. The van der Waals surface area contributed by atoms with E-state index in [1.807, 2.05) is 24.4 Å². The molecule has 1 aromatic heterocycles. The van der Waals surface area contributed by atoms with Crippen LogP contribution < -0.4 is 4.90 Å². The van der Waals surface area contributed by atoms with E-state index in [0.29, 0.717) is 6.54 Å². The number of aldehydes is 1. The average Bonchev–Trinajstić information content (AvgIpc) is 2.32. The van der Waals surface area contributed by atoms with Gasteiger partial charge < -0.3 is 9.69 Å². The van der Waals surface area contributed by atoms with Crippen LogP contribution in [0.3, 0.4) is 0 Å². The number of hydrogen-bond donors (Lipinski definition) is 0. The van der Waals surface area contributed by atoms with Crippen molar-refractivity contribution in [3.63, 3.8) is 0 Å². The predicted octanol–water partition coefficient (Wildman–Crippen LogP) is 0.402. The molecule has 15 heavy (non-hydrogen) atoms. The van der Waals surface area contributed by atoms with Crippen LogP contribution in [0.4, 0.5) is 5.82 Å². The Labute approximate surface area is 89.5 Å². The summed E-state index contributed by atoms with van der Waals surface area (Å²) in [6.07, 6.45) is 2.78. The quantitative estimate of drug-likeness (QED) is 0.669. The van der Waals surface area contributed by atoms with Crippen molar-refractivity contribution in [2.75, 3.05) is 37.6 Å². The van der Waals surface area contributed by atoms with Crippen molar-refractivity contribution in [1.82, 2.24) is 9.88 Å². The zero-order valence-electron chi connectivity index (χ0n) is 8.67. The maximum absolute atomic E-state index is 10.4. The highest BCUT2D eigenvalue weighted by molar-refractivity contribution is 5.52. The first kappa shape index (κ1) is 10.1. The van der Waals surface area contributed by atoms with Crippen LogP contribution in [0, 0.1) is 0 Å². The molecule has 0 radical (unpaired) electrons. The standard InChI is InChI=1S/C11H15N3O/c15-10-9-13-5-7-14(8-6-13)11-3-1-2-4-12-11/h1-4,10H,5-9H2. The minimum atomic E-state index is 0.552. The molecule has 1 fully saturated rings. The second kappa shape index (κ2) is 4.89. The molecule has 4 heteroatoms. The summed E-state index contributed by atoms with van der Waals surface area (Å²) >= 11 is 0. The largest absolute Gasteiger partial charge is 0.354 e. The van der Waals surface area contributed by atoms with Crippen molar-refractivity contribution >= 4 is 12.1 Å². The van der Waals surface area contributed by atoms with E-state index in [-0.39, 0.29) is 0 Å². The van der Waals surface area contributed by atoms with Crippen molar-refractivity contribution in [1.29, 1.82) is 0 Å². The zero-order valence-corrected chi connectivity index (χ0v) is 8.67. The van der Waals surface area contributed by atoms with Gasteiger partial charge in [0.1, 0.15) is 12.1 Å². The monoisotopic (exact) mass is 205 g/mol. The topological polar surface area (TPSA) is 36.4 Å². The fourth-order valence-corrected chi connectivity index (χ4v) is 1.81. The van der Waals surface area contributed by atoms with Crippen LogP contribution in [-0.2, 0) is 4.79 Å². The number of piperazine rings is 1. The van der Waals surface area contributed by atoms with Gasteiger partial charge in [-0.15, -0.1) is 0 Å². The maximum Gasteiger partial charge on any atom is 0.133 e. The third kappa shape index (κ3) is 2.53. The molecule has 0 N–H and O–H groups in total. The number of rotatable bonds is 3. The first-order chi connectivity index (χ1) is 7.40. The molecule has 1 aliphatic heterocycles. The number of carbonyl (C=O) groups excluding carboxylic acids is 1. The second-order valence-corrected chi connectivity index (χ2v) is 3.64. The molecule has 0 saturated carbocycles. The van der Waals surface area contributed by atoms with E-state index in [0.717, 1.165) is 38.3 Å². The first-order valence-corrected chi connectivity index (χ1v) is 5.22. The van der Waals surface area contributed by atoms with E-state index < -0.39 is 0 Å². The Morgan fingerprint density at radius 2 is 2.07 bits per heavy atom. The number of pyridine rings is 1. The Bertz CT molecular complexity index is 307. The lowest BCUT2D eigenvalue weighted by atomic mass is 10.3. The number of anilines is 1. The highest BCUT2D eigenvalue weighted by atomic mass is 16.1. The van der Waals surface area contributed by atoms with Crippen molar-refractivity contribution in [2.24, 2.45) is 0 Å². The van der Waals surface area contributed by atoms with Gasteiger partial charge in [-0.2, -0.15) is 0 Å². The summed E-state index contributed by atoms with van der Waals surface area (Å²) in [7, 11) is 0. The molecule has 0 amide bonds. The Morgan fingerprint density at radius 1 is 1.27 bits per heavy atom. The summed E-state index contributed by atoms with van der Waals surface area (Å²) < 4.78 is 0. The molecule has 0 aliphatic carbocycles. The Balaban J connectivity index is 1.91. The molecule has 1 aromatic rings. The molecule has 0 spiro atoms. The minimum absolute atomic E-state index is 0.552. The van der Waals surface area contributed by atoms with Gasteiger partial charge in [0, 0.05) is 32.4 Å². The molecule has 0 aromatic carbocycles. The normalized spacial score (nSPS) is 17.7. The van der Waals surface area contributed by atoms with Crippen LogP contribution >= 0.6 is 0 Å². The van der Waals surface area contributed by atoms with Gasteiger partial charge in [-0.25, -0.2) is 4.98 Å². The number of hydrogen-bond acceptors (Lipinski definition) is 4. The van der Waals surface area contributed by atoms with Gasteiger partial charge in [0.25, 0.3) is 0 Å². The van der Waals surface area contributed by atoms with Crippen molar-refractivity contribution in [3.8, 4) is 0 Å². The Morgan fingerprint density at radius 3 is 2.67 bits per heavy atom. The number of carbonyl (C=O) groups is 1. The molecule has 1 aliphatic rings. The molecular formula is C11H15N3O. The van der Waals surface area contributed by atoms with E-state index in [9.17, 15) is 4.79 Å². The van der Waals surface area contributed by atoms with Gasteiger partial charge in [-0.1, -0.05) is 6.07 Å².